The molecule has 0 heterocycles. The fourth-order valence-corrected chi connectivity index (χ4v) is 2.99. The van der Waals surface area contributed by atoms with Crippen LogP contribution in [0.25, 0.3) is 0 Å². The van der Waals surface area contributed by atoms with Gasteiger partial charge in [-0.1, -0.05) is 28.4 Å². The van der Waals surface area contributed by atoms with Crippen molar-refractivity contribution in [1.82, 2.24) is 5.32 Å². The highest BCUT2D eigenvalue weighted by atomic mass is 79.9. The second-order valence-corrected chi connectivity index (χ2v) is 6.17. The van der Waals surface area contributed by atoms with Gasteiger partial charge < -0.3 is 15.8 Å². The first-order chi connectivity index (χ1) is 9.60. The number of carbonyl (C=O) groups is 1. The lowest BCUT2D eigenvalue weighted by Crippen LogP contribution is -2.45. The van der Waals surface area contributed by atoms with Crippen molar-refractivity contribution in [2.24, 2.45) is 11.7 Å². The monoisotopic (exact) mass is 376 g/mol. The van der Waals surface area contributed by atoms with E-state index in [0.29, 0.717) is 18.2 Å². The first kappa shape index (κ1) is 18.3. The summed E-state index contributed by atoms with van der Waals surface area (Å²) in [6.45, 7) is 2.40. The molecule has 0 spiro atoms. The van der Waals surface area contributed by atoms with Crippen LogP contribution in [-0.2, 0) is 4.79 Å². The van der Waals surface area contributed by atoms with Gasteiger partial charge in [-0.3, -0.25) is 4.79 Å². The smallest absolute Gasteiger partial charge is 0.261 e. The highest BCUT2D eigenvalue weighted by molar-refractivity contribution is 9.10. The van der Waals surface area contributed by atoms with Gasteiger partial charge in [0.2, 0.25) is 0 Å². The van der Waals surface area contributed by atoms with Crippen LogP contribution in [0.1, 0.15) is 26.2 Å². The molecule has 1 aromatic carbocycles. The first-order valence-corrected chi connectivity index (χ1v) is 7.82. The zero-order valence-corrected chi connectivity index (χ0v) is 14.5. The summed E-state index contributed by atoms with van der Waals surface area (Å²) >= 11 is 3.38. The SMILES string of the molecule is CC(Oc1cccc(Br)c1)C(=O)NC1CCCC1CN.Cl. The van der Waals surface area contributed by atoms with E-state index in [1.165, 1.54) is 0 Å². The molecule has 0 aliphatic heterocycles. The molecule has 3 N–H and O–H groups in total. The highest BCUT2D eigenvalue weighted by Crippen LogP contribution is 2.25. The third-order valence-electron chi connectivity index (χ3n) is 3.77. The van der Waals surface area contributed by atoms with E-state index in [1.807, 2.05) is 24.3 Å². The average Bonchev–Trinajstić information content (AvgIpc) is 2.85. The van der Waals surface area contributed by atoms with E-state index in [0.717, 1.165) is 23.7 Å². The quantitative estimate of drug-likeness (QED) is 0.829. The average molecular weight is 378 g/mol. The van der Waals surface area contributed by atoms with Crippen molar-refractivity contribution in [1.29, 1.82) is 0 Å². The van der Waals surface area contributed by atoms with Crippen molar-refractivity contribution < 1.29 is 9.53 Å². The number of nitrogens with one attached hydrogen (secondary N) is 1. The van der Waals surface area contributed by atoms with Gasteiger partial charge in [-0.05, 0) is 50.4 Å². The van der Waals surface area contributed by atoms with Crippen molar-refractivity contribution in [2.45, 2.75) is 38.3 Å². The van der Waals surface area contributed by atoms with E-state index in [1.54, 1.807) is 6.92 Å². The molecule has 118 valence electrons. The zero-order chi connectivity index (χ0) is 14.5. The van der Waals surface area contributed by atoms with E-state index in [4.69, 9.17) is 10.5 Å². The Bertz CT molecular complexity index is 473. The topological polar surface area (TPSA) is 64.3 Å². The minimum absolute atomic E-state index is 0. The molecule has 1 amide bonds. The summed E-state index contributed by atoms with van der Waals surface area (Å²) in [5, 5.41) is 3.06. The lowest BCUT2D eigenvalue weighted by Gasteiger charge is -2.22. The molecule has 1 aliphatic carbocycles. The van der Waals surface area contributed by atoms with E-state index < -0.39 is 6.10 Å². The van der Waals surface area contributed by atoms with E-state index in [9.17, 15) is 4.79 Å². The predicted molar refractivity (Wildman–Crippen MR) is 89.8 cm³/mol. The number of hydrogen-bond acceptors (Lipinski definition) is 3. The molecule has 1 aliphatic rings. The van der Waals surface area contributed by atoms with Crippen molar-refractivity contribution >= 4 is 34.2 Å². The molecule has 0 bridgehead atoms. The van der Waals surface area contributed by atoms with Crippen molar-refractivity contribution in [3.63, 3.8) is 0 Å². The molecule has 1 aromatic rings. The van der Waals surface area contributed by atoms with Crippen LogP contribution < -0.4 is 15.8 Å². The summed E-state index contributed by atoms with van der Waals surface area (Å²) in [4.78, 5) is 12.2. The molecule has 1 saturated carbocycles. The minimum Gasteiger partial charge on any atom is -0.481 e. The van der Waals surface area contributed by atoms with Crippen LogP contribution in [-0.4, -0.2) is 24.6 Å². The number of hydrogen-bond donors (Lipinski definition) is 2. The molecule has 21 heavy (non-hydrogen) atoms. The number of rotatable bonds is 5. The highest BCUT2D eigenvalue weighted by Gasteiger charge is 2.29. The van der Waals surface area contributed by atoms with Crippen LogP contribution in [0.2, 0.25) is 0 Å². The molecule has 1 fully saturated rings. The van der Waals surface area contributed by atoms with Crippen LogP contribution in [0, 0.1) is 5.92 Å². The van der Waals surface area contributed by atoms with Gasteiger partial charge >= 0.3 is 0 Å². The van der Waals surface area contributed by atoms with Gasteiger partial charge in [0.25, 0.3) is 5.91 Å². The molecule has 3 unspecified atom stereocenters. The van der Waals surface area contributed by atoms with E-state index >= 15 is 0 Å². The molecular weight excluding hydrogens is 356 g/mol. The van der Waals surface area contributed by atoms with Crippen molar-refractivity contribution in [3.05, 3.63) is 28.7 Å². The maximum atomic E-state index is 12.2. The van der Waals surface area contributed by atoms with Gasteiger partial charge in [0.05, 0.1) is 0 Å². The molecular formula is C15H22BrClN2O2. The lowest BCUT2D eigenvalue weighted by atomic mass is 10.0. The third-order valence-corrected chi connectivity index (χ3v) is 4.26. The van der Waals surface area contributed by atoms with Gasteiger partial charge in [0.1, 0.15) is 5.75 Å². The van der Waals surface area contributed by atoms with Crippen molar-refractivity contribution in [2.75, 3.05) is 6.54 Å². The molecule has 6 heteroatoms. The fraction of sp³-hybridized carbons (Fsp3) is 0.533. The summed E-state index contributed by atoms with van der Waals surface area (Å²) in [7, 11) is 0. The summed E-state index contributed by atoms with van der Waals surface area (Å²) in [5.41, 5.74) is 5.73. The van der Waals surface area contributed by atoms with E-state index in [-0.39, 0.29) is 24.4 Å². The fourth-order valence-electron chi connectivity index (χ4n) is 2.61. The Kier molecular flexibility index (Phi) is 7.49. The Morgan fingerprint density at radius 3 is 2.95 bits per heavy atom. The number of carbonyl (C=O) groups excluding carboxylic acids is 1. The van der Waals surface area contributed by atoms with Gasteiger partial charge in [-0.25, -0.2) is 0 Å². The second-order valence-electron chi connectivity index (χ2n) is 5.26. The van der Waals surface area contributed by atoms with Crippen LogP contribution in [0.5, 0.6) is 5.75 Å². The first-order valence-electron chi connectivity index (χ1n) is 7.03. The van der Waals surface area contributed by atoms with E-state index in [2.05, 4.69) is 21.2 Å². The second kappa shape index (κ2) is 8.61. The number of benzene rings is 1. The Balaban J connectivity index is 0.00000220. The standard InChI is InChI=1S/C15H21BrN2O2.ClH/c1-10(20-13-6-3-5-12(16)8-13)15(19)18-14-7-2-4-11(14)9-17;/h3,5-6,8,10-11,14H,2,4,7,9,17H2,1H3,(H,18,19);1H. The maximum Gasteiger partial charge on any atom is 0.261 e. The number of halogens is 2. The molecule has 4 nitrogen and oxygen atoms in total. The molecule has 0 saturated heterocycles. The summed E-state index contributed by atoms with van der Waals surface area (Å²) < 4.78 is 6.59. The molecule has 0 aromatic heterocycles. The Hall–Kier alpha value is -0.780. The normalized spacial score (nSPS) is 22.2. The zero-order valence-electron chi connectivity index (χ0n) is 12.0. The Labute approximate surface area is 140 Å². The number of nitrogens with two attached hydrogens (primary N) is 1. The largest absolute Gasteiger partial charge is 0.481 e. The molecule has 3 atom stereocenters. The Morgan fingerprint density at radius 2 is 2.29 bits per heavy atom. The Morgan fingerprint density at radius 1 is 1.52 bits per heavy atom. The van der Waals surface area contributed by atoms with Crippen molar-refractivity contribution in [3.8, 4) is 5.75 Å². The lowest BCUT2D eigenvalue weighted by molar-refractivity contribution is -0.128. The minimum atomic E-state index is -0.511. The van der Waals surface area contributed by atoms with Gasteiger partial charge in [-0.15, -0.1) is 12.4 Å². The van der Waals surface area contributed by atoms with Crippen LogP contribution in [0.15, 0.2) is 28.7 Å². The number of ether oxygens (including phenoxy) is 1. The molecule has 2 rings (SSSR count). The predicted octanol–water partition coefficient (Wildman–Crippen LogP) is 2.88. The van der Waals surface area contributed by atoms with Crippen LogP contribution >= 0.6 is 28.3 Å². The van der Waals surface area contributed by atoms with Crippen LogP contribution in [0.4, 0.5) is 0 Å². The number of amides is 1. The summed E-state index contributed by atoms with van der Waals surface area (Å²) in [6, 6.07) is 7.68. The van der Waals surface area contributed by atoms with Gasteiger partial charge in [0, 0.05) is 10.5 Å². The third kappa shape index (κ3) is 5.16. The maximum absolute atomic E-state index is 12.2. The van der Waals surface area contributed by atoms with Crippen LogP contribution in [0.3, 0.4) is 0 Å². The summed E-state index contributed by atoms with van der Waals surface area (Å²) in [6.07, 6.45) is 2.73. The molecule has 0 radical (unpaired) electrons. The van der Waals surface area contributed by atoms with Gasteiger partial charge in [0.15, 0.2) is 6.10 Å². The summed E-state index contributed by atoms with van der Waals surface area (Å²) in [5.74, 6) is 1.01. The van der Waals surface area contributed by atoms with Gasteiger partial charge in [-0.2, -0.15) is 0 Å².